The molecule has 1 N–H and O–H groups in total. The number of aryl methyl sites for hydroxylation is 1. The van der Waals surface area contributed by atoms with Crippen LogP contribution in [-0.4, -0.2) is 19.1 Å². The van der Waals surface area contributed by atoms with Crippen LogP contribution < -0.4 is 14.8 Å². The fourth-order valence-corrected chi connectivity index (χ4v) is 4.62. The maximum absolute atomic E-state index is 12.7. The van der Waals surface area contributed by atoms with Crippen molar-refractivity contribution in [2.45, 2.75) is 45.6 Å². The van der Waals surface area contributed by atoms with E-state index in [1.807, 2.05) is 19.9 Å². The standard InChI is InChI=1S/C23H23N3O3S/c1-14(2)29-19-9-8-15(11-20(19)28-3)10-16(12-24)22(27)26-23-18(13-25)17-6-4-5-7-21(17)30-23/h8-11,14H,4-7H2,1-3H3,(H,26,27)/b16-10+. The SMILES string of the molecule is COc1cc(/C=C(\C#N)C(=O)Nc2sc3c(c2C#N)CCCC3)ccc1OC(C)C. The van der Waals surface area contributed by atoms with Crippen molar-refractivity contribution < 1.29 is 14.3 Å². The van der Waals surface area contributed by atoms with Crippen LogP contribution in [0.25, 0.3) is 6.08 Å². The zero-order valence-corrected chi connectivity index (χ0v) is 18.1. The monoisotopic (exact) mass is 421 g/mol. The van der Waals surface area contributed by atoms with Gasteiger partial charge in [-0.15, -0.1) is 11.3 Å². The maximum Gasteiger partial charge on any atom is 0.266 e. The highest BCUT2D eigenvalue weighted by Gasteiger charge is 2.22. The van der Waals surface area contributed by atoms with Crippen LogP contribution in [0.2, 0.25) is 0 Å². The third-order valence-electron chi connectivity index (χ3n) is 4.74. The van der Waals surface area contributed by atoms with E-state index in [0.717, 1.165) is 36.1 Å². The summed E-state index contributed by atoms with van der Waals surface area (Å²) in [6, 6.07) is 9.39. The summed E-state index contributed by atoms with van der Waals surface area (Å²) in [7, 11) is 1.54. The molecular weight excluding hydrogens is 398 g/mol. The van der Waals surface area contributed by atoms with Gasteiger partial charge in [0.15, 0.2) is 11.5 Å². The molecule has 1 aromatic heterocycles. The lowest BCUT2D eigenvalue weighted by atomic mass is 9.96. The van der Waals surface area contributed by atoms with Gasteiger partial charge in [0.05, 0.1) is 18.8 Å². The van der Waals surface area contributed by atoms with E-state index < -0.39 is 5.91 Å². The number of anilines is 1. The van der Waals surface area contributed by atoms with E-state index in [1.165, 1.54) is 24.5 Å². The first-order valence-electron chi connectivity index (χ1n) is 9.79. The average molecular weight is 422 g/mol. The first kappa shape index (κ1) is 21.4. The van der Waals surface area contributed by atoms with Gasteiger partial charge in [-0.3, -0.25) is 4.79 Å². The van der Waals surface area contributed by atoms with E-state index in [0.29, 0.717) is 27.6 Å². The van der Waals surface area contributed by atoms with Crippen LogP contribution in [0.3, 0.4) is 0 Å². The highest BCUT2D eigenvalue weighted by Crippen LogP contribution is 2.38. The molecule has 7 heteroatoms. The number of rotatable bonds is 6. The number of methoxy groups -OCH3 is 1. The minimum atomic E-state index is -0.533. The summed E-state index contributed by atoms with van der Waals surface area (Å²) < 4.78 is 11.1. The summed E-state index contributed by atoms with van der Waals surface area (Å²) in [4.78, 5) is 13.9. The first-order valence-corrected chi connectivity index (χ1v) is 10.6. The molecule has 0 saturated heterocycles. The van der Waals surface area contributed by atoms with Crippen molar-refractivity contribution in [1.29, 1.82) is 10.5 Å². The number of amides is 1. The molecule has 1 aliphatic rings. The van der Waals surface area contributed by atoms with E-state index in [-0.39, 0.29) is 11.7 Å². The molecule has 0 aliphatic heterocycles. The molecule has 1 aromatic carbocycles. The molecule has 154 valence electrons. The first-order chi connectivity index (χ1) is 14.5. The number of hydrogen-bond donors (Lipinski definition) is 1. The molecule has 2 aromatic rings. The van der Waals surface area contributed by atoms with Crippen molar-refractivity contribution in [1.82, 2.24) is 0 Å². The molecule has 0 saturated carbocycles. The van der Waals surface area contributed by atoms with Gasteiger partial charge in [0, 0.05) is 4.88 Å². The quantitative estimate of drug-likeness (QED) is 0.532. The van der Waals surface area contributed by atoms with Crippen molar-refractivity contribution >= 4 is 28.3 Å². The highest BCUT2D eigenvalue weighted by molar-refractivity contribution is 7.16. The second-order valence-electron chi connectivity index (χ2n) is 7.23. The summed E-state index contributed by atoms with van der Waals surface area (Å²) in [5.41, 5.74) is 2.15. The highest BCUT2D eigenvalue weighted by atomic mass is 32.1. The molecule has 0 fully saturated rings. The normalized spacial score (nSPS) is 13.2. The van der Waals surface area contributed by atoms with Crippen molar-refractivity contribution in [2.24, 2.45) is 0 Å². The van der Waals surface area contributed by atoms with E-state index >= 15 is 0 Å². The average Bonchev–Trinajstić information content (AvgIpc) is 3.09. The number of hydrogen-bond acceptors (Lipinski definition) is 6. The summed E-state index contributed by atoms with van der Waals surface area (Å²) in [6.07, 6.45) is 5.41. The number of fused-ring (bicyclic) bond motifs is 1. The Balaban J connectivity index is 1.85. The fourth-order valence-electron chi connectivity index (χ4n) is 3.38. The smallest absolute Gasteiger partial charge is 0.266 e. The number of carbonyl (C=O) groups excluding carboxylic acids is 1. The number of thiophene rings is 1. The molecule has 1 aliphatic carbocycles. The Morgan fingerprint density at radius 2 is 2.00 bits per heavy atom. The predicted octanol–water partition coefficient (Wildman–Crippen LogP) is 4.84. The number of nitrogens with one attached hydrogen (secondary N) is 1. The van der Waals surface area contributed by atoms with Gasteiger partial charge < -0.3 is 14.8 Å². The van der Waals surface area contributed by atoms with Crippen molar-refractivity contribution in [3.8, 4) is 23.6 Å². The lowest BCUT2D eigenvalue weighted by Crippen LogP contribution is -2.13. The van der Waals surface area contributed by atoms with E-state index in [9.17, 15) is 15.3 Å². The van der Waals surface area contributed by atoms with Crippen LogP contribution in [0, 0.1) is 22.7 Å². The van der Waals surface area contributed by atoms with Crippen molar-refractivity contribution in [3.05, 3.63) is 45.3 Å². The molecule has 1 amide bonds. The van der Waals surface area contributed by atoms with Crippen LogP contribution in [0.4, 0.5) is 5.00 Å². The summed E-state index contributed by atoms with van der Waals surface area (Å²) in [6.45, 7) is 3.84. The third-order valence-corrected chi connectivity index (χ3v) is 5.94. The Bertz CT molecular complexity index is 1070. The van der Waals surface area contributed by atoms with E-state index in [2.05, 4.69) is 11.4 Å². The van der Waals surface area contributed by atoms with Crippen molar-refractivity contribution in [2.75, 3.05) is 12.4 Å². The second-order valence-corrected chi connectivity index (χ2v) is 8.33. The lowest BCUT2D eigenvalue weighted by Gasteiger charge is -2.13. The Hall–Kier alpha value is -3.29. The molecule has 0 unspecified atom stereocenters. The Morgan fingerprint density at radius 1 is 1.23 bits per heavy atom. The minimum absolute atomic E-state index is 0.00770. The fraction of sp³-hybridized carbons (Fsp3) is 0.348. The Kier molecular flexibility index (Phi) is 6.76. The minimum Gasteiger partial charge on any atom is -0.493 e. The number of benzene rings is 1. The molecular formula is C23H23N3O3S. The molecule has 0 bridgehead atoms. The van der Waals surface area contributed by atoms with Gasteiger partial charge in [-0.25, -0.2) is 0 Å². The summed E-state index contributed by atoms with van der Waals surface area (Å²) in [5.74, 6) is 0.581. The largest absolute Gasteiger partial charge is 0.493 e. The van der Waals surface area contributed by atoms with Gasteiger partial charge >= 0.3 is 0 Å². The summed E-state index contributed by atoms with van der Waals surface area (Å²) >= 11 is 1.44. The zero-order valence-electron chi connectivity index (χ0n) is 17.2. The molecule has 3 rings (SSSR count). The Morgan fingerprint density at radius 3 is 2.67 bits per heavy atom. The van der Waals surface area contributed by atoms with E-state index in [4.69, 9.17) is 9.47 Å². The Labute approximate surface area is 180 Å². The van der Waals surface area contributed by atoms with Gasteiger partial charge in [-0.2, -0.15) is 10.5 Å². The van der Waals surface area contributed by atoms with Gasteiger partial charge in [0.2, 0.25) is 0 Å². The van der Waals surface area contributed by atoms with E-state index in [1.54, 1.807) is 18.2 Å². The van der Waals surface area contributed by atoms with Gasteiger partial charge in [0.25, 0.3) is 5.91 Å². The van der Waals surface area contributed by atoms with Gasteiger partial charge in [-0.05, 0) is 68.9 Å². The molecule has 6 nitrogen and oxygen atoms in total. The third kappa shape index (κ3) is 4.64. The second kappa shape index (κ2) is 9.47. The molecule has 30 heavy (non-hydrogen) atoms. The molecule has 1 heterocycles. The molecule has 0 radical (unpaired) electrons. The summed E-state index contributed by atoms with van der Waals surface area (Å²) in [5, 5.41) is 22.4. The maximum atomic E-state index is 12.7. The number of nitrogens with zero attached hydrogens (tertiary/aromatic N) is 2. The predicted molar refractivity (Wildman–Crippen MR) is 117 cm³/mol. The zero-order chi connectivity index (χ0) is 21.7. The van der Waals surface area contributed by atoms with Crippen molar-refractivity contribution in [3.63, 3.8) is 0 Å². The van der Waals surface area contributed by atoms with Crippen LogP contribution in [-0.2, 0) is 17.6 Å². The lowest BCUT2D eigenvalue weighted by molar-refractivity contribution is -0.112. The van der Waals surface area contributed by atoms with Crippen LogP contribution in [0.1, 0.15) is 48.3 Å². The number of ether oxygens (including phenoxy) is 2. The van der Waals surface area contributed by atoms with Gasteiger partial charge in [-0.1, -0.05) is 6.07 Å². The number of carbonyl (C=O) groups is 1. The topological polar surface area (TPSA) is 95.1 Å². The van der Waals surface area contributed by atoms with Crippen LogP contribution >= 0.6 is 11.3 Å². The molecule has 0 atom stereocenters. The molecule has 0 spiro atoms. The van der Waals surface area contributed by atoms with Crippen LogP contribution in [0.5, 0.6) is 11.5 Å². The van der Waals surface area contributed by atoms with Gasteiger partial charge in [0.1, 0.15) is 22.7 Å². The number of nitriles is 2. The van der Waals surface area contributed by atoms with Crippen LogP contribution in [0.15, 0.2) is 23.8 Å².